The Morgan fingerprint density at radius 1 is 0.605 bits per heavy atom. The molecular weight excluding hydrogens is 472 g/mol. The van der Waals surface area contributed by atoms with Gasteiger partial charge in [-0.1, -0.05) is 143 Å². The zero-order valence-electron chi connectivity index (χ0n) is 23.0. The molecule has 0 amide bonds. The summed E-state index contributed by atoms with van der Waals surface area (Å²) in [6.45, 7) is 10.5. The van der Waals surface area contributed by atoms with Gasteiger partial charge in [0.2, 0.25) is 0 Å². The lowest BCUT2D eigenvalue weighted by molar-refractivity contribution is 0.0747. The lowest BCUT2D eigenvalue weighted by Gasteiger charge is -2.09. The van der Waals surface area contributed by atoms with Gasteiger partial charge in [0.1, 0.15) is 11.9 Å². The Morgan fingerprint density at radius 2 is 0.947 bits per heavy atom. The SMILES string of the molecule is CC(C)COCC(C)C.O=C(c1ccccc1)C(O)c1ccccc1.Oc1ccccc1.c1ccccc1. The standard InChI is InChI=1S/C14H12O2.C8H18O.C6H6O.C6H6/c15-13(11-7-3-1-4-8-11)14(16)12-9-5-2-6-10-12;1-7(2)5-9-6-8(3)4;7-6-4-2-1-3-5-6;1-2-4-6-5-3-1/h1-10,13,15H;7-8H,5-6H2,1-4H3;1-5,7H;1-6H. The number of ether oxygens (including phenoxy) is 1. The molecular formula is C34H42O4. The van der Waals surface area contributed by atoms with Crippen molar-refractivity contribution in [3.8, 4) is 5.75 Å². The Balaban J connectivity index is 0.000000278. The van der Waals surface area contributed by atoms with E-state index in [-0.39, 0.29) is 5.78 Å². The fourth-order valence-corrected chi connectivity index (χ4v) is 2.90. The smallest absolute Gasteiger partial charge is 0.195 e. The minimum absolute atomic E-state index is 0.271. The number of hydrogen-bond donors (Lipinski definition) is 2. The first-order valence-corrected chi connectivity index (χ1v) is 12.9. The first-order chi connectivity index (χ1) is 18.3. The van der Waals surface area contributed by atoms with Gasteiger partial charge in [0.05, 0.1) is 0 Å². The molecule has 0 aromatic heterocycles. The highest BCUT2D eigenvalue weighted by atomic mass is 16.5. The van der Waals surface area contributed by atoms with Crippen molar-refractivity contribution in [1.82, 2.24) is 0 Å². The number of ketones is 1. The van der Waals surface area contributed by atoms with Crippen LogP contribution in [0.5, 0.6) is 5.75 Å². The van der Waals surface area contributed by atoms with Gasteiger partial charge in [-0.15, -0.1) is 0 Å². The molecule has 0 bridgehead atoms. The number of carbonyl (C=O) groups is 1. The van der Waals surface area contributed by atoms with Crippen molar-refractivity contribution in [2.24, 2.45) is 11.8 Å². The molecule has 4 rings (SSSR count). The molecule has 0 radical (unpaired) electrons. The van der Waals surface area contributed by atoms with Crippen molar-refractivity contribution in [2.45, 2.75) is 33.8 Å². The molecule has 4 heteroatoms. The largest absolute Gasteiger partial charge is 0.508 e. The number of benzene rings is 4. The number of aliphatic hydroxyl groups excluding tert-OH is 1. The summed E-state index contributed by atoms with van der Waals surface area (Å²) in [6, 6.07) is 38.5. The summed E-state index contributed by atoms with van der Waals surface area (Å²) in [5.41, 5.74) is 1.15. The van der Waals surface area contributed by atoms with Gasteiger partial charge in [-0.3, -0.25) is 4.79 Å². The number of aliphatic hydroxyl groups is 1. The van der Waals surface area contributed by atoms with Gasteiger partial charge in [0.25, 0.3) is 0 Å². The Kier molecular flexibility index (Phi) is 17.3. The molecule has 4 aromatic carbocycles. The summed E-state index contributed by atoms with van der Waals surface area (Å²) < 4.78 is 5.36. The van der Waals surface area contributed by atoms with Crippen LogP contribution in [0.1, 0.15) is 49.7 Å². The van der Waals surface area contributed by atoms with E-state index in [9.17, 15) is 9.90 Å². The second-order valence-corrected chi connectivity index (χ2v) is 9.36. The second-order valence-electron chi connectivity index (χ2n) is 9.36. The van der Waals surface area contributed by atoms with Crippen LogP contribution in [-0.4, -0.2) is 29.2 Å². The summed E-state index contributed by atoms with van der Waals surface area (Å²) in [4.78, 5) is 11.9. The van der Waals surface area contributed by atoms with E-state index in [0.717, 1.165) is 13.2 Å². The maximum Gasteiger partial charge on any atom is 0.195 e. The maximum atomic E-state index is 11.9. The van der Waals surface area contributed by atoms with Crippen LogP contribution in [0.25, 0.3) is 0 Å². The van der Waals surface area contributed by atoms with Crippen molar-refractivity contribution >= 4 is 5.78 Å². The van der Waals surface area contributed by atoms with Gasteiger partial charge in [-0.2, -0.15) is 0 Å². The molecule has 0 spiro atoms. The van der Waals surface area contributed by atoms with Crippen LogP contribution in [0.4, 0.5) is 0 Å². The lowest BCUT2D eigenvalue weighted by atomic mass is 10.0. The van der Waals surface area contributed by atoms with Gasteiger partial charge < -0.3 is 14.9 Å². The molecule has 1 atom stereocenters. The van der Waals surface area contributed by atoms with Crippen LogP contribution >= 0.6 is 0 Å². The topological polar surface area (TPSA) is 66.8 Å². The molecule has 0 aliphatic rings. The third-order valence-electron chi connectivity index (χ3n) is 4.75. The number of phenols is 1. The average molecular weight is 515 g/mol. The van der Waals surface area contributed by atoms with Crippen LogP contribution in [0.3, 0.4) is 0 Å². The number of para-hydroxylation sites is 1. The first-order valence-electron chi connectivity index (χ1n) is 12.9. The van der Waals surface area contributed by atoms with Gasteiger partial charge in [0, 0.05) is 18.8 Å². The molecule has 0 heterocycles. The fourth-order valence-electron chi connectivity index (χ4n) is 2.90. The van der Waals surface area contributed by atoms with Crippen molar-refractivity contribution < 1.29 is 19.7 Å². The van der Waals surface area contributed by atoms with Crippen LogP contribution in [-0.2, 0) is 4.74 Å². The summed E-state index contributed by atoms with van der Waals surface area (Å²) in [5, 5.41) is 18.5. The zero-order valence-corrected chi connectivity index (χ0v) is 23.0. The summed E-state index contributed by atoms with van der Waals surface area (Å²) in [7, 11) is 0. The number of hydrogen-bond acceptors (Lipinski definition) is 4. The minimum atomic E-state index is -1.08. The Morgan fingerprint density at radius 3 is 1.29 bits per heavy atom. The minimum Gasteiger partial charge on any atom is -0.508 e. The summed E-state index contributed by atoms with van der Waals surface area (Å²) in [5.74, 6) is 1.39. The third kappa shape index (κ3) is 16.1. The number of Topliss-reactive ketones (excluding diaryl/α,β-unsaturated/α-hetero) is 1. The predicted molar refractivity (Wildman–Crippen MR) is 157 cm³/mol. The van der Waals surface area contributed by atoms with E-state index >= 15 is 0 Å². The van der Waals surface area contributed by atoms with Gasteiger partial charge in [0.15, 0.2) is 5.78 Å². The highest BCUT2D eigenvalue weighted by molar-refractivity contribution is 5.99. The maximum absolute atomic E-state index is 11.9. The average Bonchev–Trinajstić information content (AvgIpc) is 2.95. The number of aromatic hydroxyl groups is 1. The predicted octanol–water partition coefficient (Wildman–Crippen LogP) is 8.00. The van der Waals surface area contributed by atoms with Crippen LogP contribution in [0, 0.1) is 11.8 Å². The van der Waals surface area contributed by atoms with Crippen molar-refractivity contribution in [3.05, 3.63) is 139 Å². The molecule has 0 aliphatic carbocycles. The van der Waals surface area contributed by atoms with Gasteiger partial charge >= 0.3 is 0 Å². The Bertz CT molecular complexity index is 1030. The third-order valence-corrected chi connectivity index (χ3v) is 4.75. The number of phenolic OH excluding ortho intramolecular Hbond substituents is 1. The second kappa shape index (κ2) is 20.3. The molecule has 0 aliphatic heterocycles. The number of carbonyl (C=O) groups excluding carboxylic acids is 1. The van der Waals surface area contributed by atoms with Gasteiger partial charge in [-0.25, -0.2) is 0 Å². The normalized spacial score (nSPS) is 10.6. The first kappa shape index (κ1) is 32.3. The molecule has 4 nitrogen and oxygen atoms in total. The quantitative estimate of drug-likeness (QED) is 0.245. The monoisotopic (exact) mass is 514 g/mol. The van der Waals surface area contributed by atoms with E-state index < -0.39 is 6.10 Å². The zero-order chi connectivity index (χ0) is 28.0. The van der Waals surface area contributed by atoms with Crippen LogP contribution in [0.2, 0.25) is 0 Å². The number of rotatable bonds is 7. The van der Waals surface area contributed by atoms with Crippen molar-refractivity contribution in [3.63, 3.8) is 0 Å². The summed E-state index contributed by atoms with van der Waals surface area (Å²) >= 11 is 0. The van der Waals surface area contributed by atoms with E-state index in [1.807, 2.05) is 54.6 Å². The Hall–Kier alpha value is -3.73. The molecule has 0 saturated heterocycles. The fraction of sp³-hybridized carbons (Fsp3) is 0.265. The Labute approximate surface area is 228 Å². The molecule has 0 saturated carbocycles. The highest BCUT2D eigenvalue weighted by Crippen LogP contribution is 2.17. The van der Waals surface area contributed by atoms with Crippen molar-refractivity contribution in [1.29, 1.82) is 0 Å². The lowest BCUT2D eigenvalue weighted by Crippen LogP contribution is -2.11. The molecule has 202 valence electrons. The molecule has 4 aromatic rings. The highest BCUT2D eigenvalue weighted by Gasteiger charge is 2.18. The molecule has 38 heavy (non-hydrogen) atoms. The van der Waals surface area contributed by atoms with Gasteiger partial charge in [-0.05, 0) is 29.5 Å². The van der Waals surface area contributed by atoms with Crippen LogP contribution < -0.4 is 0 Å². The van der Waals surface area contributed by atoms with E-state index in [1.54, 1.807) is 72.8 Å². The van der Waals surface area contributed by atoms with E-state index in [2.05, 4.69) is 27.7 Å². The summed E-state index contributed by atoms with van der Waals surface area (Å²) in [6.07, 6.45) is -1.08. The molecule has 0 fully saturated rings. The van der Waals surface area contributed by atoms with E-state index in [0.29, 0.717) is 28.7 Å². The van der Waals surface area contributed by atoms with Crippen LogP contribution in [0.15, 0.2) is 127 Å². The molecule has 2 N–H and O–H groups in total. The van der Waals surface area contributed by atoms with Crippen molar-refractivity contribution in [2.75, 3.05) is 13.2 Å². The van der Waals surface area contributed by atoms with E-state index in [4.69, 9.17) is 9.84 Å². The molecule has 1 unspecified atom stereocenters. The van der Waals surface area contributed by atoms with E-state index in [1.165, 1.54) is 0 Å².